The van der Waals surface area contributed by atoms with E-state index in [2.05, 4.69) is 26.7 Å². The number of methoxy groups -OCH3 is 1. The number of nitrogens with one attached hydrogen (secondary N) is 2. The van der Waals surface area contributed by atoms with Crippen LogP contribution in [0.15, 0.2) is 59.3 Å². The molecule has 4 aromatic rings. The van der Waals surface area contributed by atoms with Crippen molar-refractivity contribution in [3.05, 3.63) is 77.3 Å². The Morgan fingerprint density at radius 3 is 2.84 bits per heavy atom. The molecule has 10 heteroatoms. The van der Waals surface area contributed by atoms with Crippen molar-refractivity contribution >= 4 is 23.0 Å². The molecule has 184 valence electrons. The molecule has 1 fully saturated rings. The zero-order chi connectivity index (χ0) is 25.7. The van der Waals surface area contributed by atoms with Crippen LogP contribution in [-0.2, 0) is 16.8 Å². The predicted octanol–water partition coefficient (Wildman–Crippen LogP) is 3.10. The van der Waals surface area contributed by atoms with Gasteiger partial charge < -0.3 is 19.6 Å². The SMILES string of the molecule is COc1ccc2c(c1)C(O)C(CC1(c3cc4nc(-c5cncc(C#N)c5)ccc4o3)NC(=O)NC1=O)C2. The average Bonchev–Trinajstić information content (AvgIpc) is 3.57. The standard InChI is InChI=1S/C27H21N5O5/c1-36-18-3-2-15-7-16(24(33)19(15)8-18)10-27(25(34)31-26(35)32-27)23-9-21-22(37-23)5-4-20(30-21)17-6-14(11-28)12-29-13-17/h2-6,8-9,12-13,16,24,33H,7,10H2,1H3,(H2,31,32,34,35). The van der Waals surface area contributed by atoms with E-state index >= 15 is 0 Å². The van der Waals surface area contributed by atoms with E-state index in [0.29, 0.717) is 40.1 Å². The number of carbonyl (C=O) groups is 2. The second-order valence-corrected chi connectivity index (χ2v) is 9.26. The molecule has 1 aromatic carbocycles. The fourth-order valence-electron chi connectivity index (χ4n) is 5.23. The molecule has 2 aliphatic rings. The number of hydrogen-bond donors (Lipinski definition) is 3. The summed E-state index contributed by atoms with van der Waals surface area (Å²) in [6, 6.07) is 13.7. The third-order valence-electron chi connectivity index (χ3n) is 7.07. The molecule has 3 aromatic heterocycles. The van der Waals surface area contributed by atoms with Crippen molar-refractivity contribution in [1.29, 1.82) is 5.26 Å². The third kappa shape index (κ3) is 3.68. The third-order valence-corrected chi connectivity index (χ3v) is 7.07. The van der Waals surface area contributed by atoms with Crippen LogP contribution < -0.4 is 15.4 Å². The lowest BCUT2D eigenvalue weighted by atomic mass is 9.82. The molecular weight excluding hydrogens is 474 g/mol. The Balaban J connectivity index is 1.38. The Morgan fingerprint density at radius 2 is 2.08 bits per heavy atom. The topological polar surface area (TPSA) is 150 Å². The quantitative estimate of drug-likeness (QED) is 0.358. The molecule has 3 atom stereocenters. The Morgan fingerprint density at radius 1 is 1.22 bits per heavy atom. The van der Waals surface area contributed by atoms with Crippen LogP contribution in [0.3, 0.4) is 0 Å². The van der Waals surface area contributed by atoms with Gasteiger partial charge >= 0.3 is 6.03 Å². The number of aromatic nitrogens is 2. The van der Waals surface area contributed by atoms with Crippen LogP contribution >= 0.6 is 0 Å². The number of nitriles is 1. The second-order valence-electron chi connectivity index (χ2n) is 9.26. The number of nitrogens with zero attached hydrogens (tertiary/aromatic N) is 3. The maximum atomic E-state index is 13.2. The van der Waals surface area contributed by atoms with Gasteiger partial charge in [-0.2, -0.15) is 5.26 Å². The van der Waals surface area contributed by atoms with E-state index in [0.717, 1.165) is 11.1 Å². The van der Waals surface area contributed by atoms with E-state index in [4.69, 9.17) is 9.15 Å². The molecule has 0 spiro atoms. The number of hydrogen-bond acceptors (Lipinski definition) is 8. The van der Waals surface area contributed by atoms with Gasteiger partial charge in [0.05, 0.1) is 24.5 Å². The Hall–Kier alpha value is -4.75. The highest BCUT2D eigenvalue weighted by Gasteiger charge is 2.53. The zero-order valence-electron chi connectivity index (χ0n) is 19.7. The van der Waals surface area contributed by atoms with E-state index in [9.17, 15) is 20.0 Å². The monoisotopic (exact) mass is 495 g/mol. The second kappa shape index (κ2) is 8.43. The van der Waals surface area contributed by atoms with Gasteiger partial charge in [-0.1, -0.05) is 6.07 Å². The molecule has 4 heterocycles. The van der Waals surface area contributed by atoms with Gasteiger partial charge in [-0.25, -0.2) is 9.78 Å². The van der Waals surface area contributed by atoms with E-state index in [1.165, 1.54) is 6.20 Å². The fraction of sp³-hybridized carbons (Fsp3) is 0.222. The van der Waals surface area contributed by atoms with Crippen molar-refractivity contribution in [2.24, 2.45) is 5.92 Å². The van der Waals surface area contributed by atoms with Gasteiger partial charge in [0.15, 0.2) is 11.1 Å². The molecule has 0 radical (unpaired) electrons. The first kappa shape index (κ1) is 22.7. The van der Waals surface area contributed by atoms with Crippen molar-refractivity contribution in [3.8, 4) is 23.1 Å². The van der Waals surface area contributed by atoms with Crippen LogP contribution in [0.25, 0.3) is 22.4 Å². The number of urea groups is 1. The first-order chi connectivity index (χ1) is 17.9. The highest BCUT2D eigenvalue weighted by Crippen LogP contribution is 2.45. The lowest BCUT2D eigenvalue weighted by Gasteiger charge is -2.28. The predicted molar refractivity (Wildman–Crippen MR) is 130 cm³/mol. The molecule has 37 heavy (non-hydrogen) atoms. The van der Waals surface area contributed by atoms with Crippen LogP contribution in [0, 0.1) is 17.2 Å². The average molecular weight is 495 g/mol. The number of rotatable bonds is 5. The number of amides is 3. The maximum Gasteiger partial charge on any atom is 0.322 e. The maximum absolute atomic E-state index is 13.2. The minimum Gasteiger partial charge on any atom is -0.497 e. The summed E-state index contributed by atoms with van der Waals surface area (Å²) in [5, 5.41) is 25.4. The van der Waals surface area contributed by atoms with Crippen molar-refractivity contribution in [3.63, 3.8) is 0 Å². The van der Waals surface area contributed by atoms with Gasteiger partial charge in [-0.15, -0.1) is 0 Å². The van der Waals surface area contributed by atoms with Gasteiger partial charge in [0.1, 0.15) is 23.1 Å². The lowest BCUT2D eigenvalue weighted by molar-refractivity contribution is -0.126. The Bertz CT molecular complexity index is 1620. The number of carbonyl (C=O) groups excluding carboxylic acids is 2. The summed E-state index contributed by atoms with van der Waals surface area (Å²) in [5.74, 6) is -0.0545. The number of imide groups is 1. The van der Waals surface area contributed by atoms with E-state index in [1.54, 1.807) is 43.6 Å². The molecule has 10 nitrogen and oxygen atoms in total. The van der Waals surface area contributed by atoms with Gasteiger partial charge in [0.25, 0.3) is 5.91 Å². The van der Waals surface area contributed by atoms with Crippen LogP contribution in [0.5, 0.6) is 5.75 Å². The molecule has 3 N–H and O–H groups in total. The minimum atomic E-state index is -1.52. The largest absolute Gasteiger partial charge is 0.497 e. The van der Waals surface area contributed by atoms with Crippen LogP contribution in [0.1, 0.15) is 35.0 Å². The fourth-order valence-corrected chi connectivity index (χ4v) is 5.23. The van der Waals surface area contributed by atoms with Crippen LogP contribution in [0.2, 0.25) is 0 Å². The van der Waals surface area contributed by atoms with Gasteiger partial charge in [0, 0.05) is 24.0 Å². The number of furan rings is 1. The minimum absolute atomic E-state index is 0.115. The number of benzene rings is 1. The Kier molecular flexibility index (Phi) is 5.17. The number of fused-ring (bicyclic) bond motifs is 2. The van der Waals surface area contributed by atoms with Gasteiger partial charge in [0.2, 0.25) is 0 Å². The van der Waals surface area contributed by atoms with E-state index in [1.807, 2.05) is 12.1 Å². The summed E-state index contributed by atoms with van der Waals surface area (Å²) >= 11 is 0. The lowest BCUT2D eigenvalue weighted by Crippen LogP contribution is -2.45. The molecule has 1 aliphatic carbocycles. The number of pyridine rings is 2. The summed E-state index contributed by atoms with van der Waals surface area (Å²) < 4.78 is 11.4. The number of aliphatic hydroxyl groups is 1. The van der Waals surface area contributed by atoms with Crippen molar-refractivity contribution in [2.75, 3.05) is 7.11 Å². The molecule has 3 unspecified atom stereocenters. The highest BCUT2D eigenvalue weighted by atomic mass is 16.5. The normalized spacial score (nSPS) is 22.4. The summed E-state index contributed by atoms with van der Waals surface area (Å²) in [5.41, 5.74) is 2.74. The molecule has 0 bridgehead atoms. The molecule has 6 rings (SSSR count). The number of ether oxygens (including phenoxy) is 1. The first-order valence-electron chi connectivity index (χ1n) is 11.7. The molecule has 3 amide bonds. The summed E-state index contributed by atoms with van der Waals surface area (Å²) in [6.45, 7) is 0. The summed E-state index contributed by atoms with van der Waals surface area (Å²) in [7, 11) is 1.56. The molecule has 1 aliphatic heterocycles. The number of aliphatic hydroxyl groups excluding tert-OH is 1. The molecule has 0 saturated carbocycles. The van der Waals surface area contributed by atoms with Crippen LogP contribution in [-0.4, -0.2) is 34.1 Å². The summed E-state index contributed by atoms with van der Waals surface area (Å²) in [4.78, 5) is 34.2. The van der Waals surface area contributed by atoms with Crippen LogP contribution in [0.4, 0.5) is 4.79 Å². The van der Waals surface area contributed by atoms with Gasteiger partial charge in [-0.05, 0) is 60.2 Å². The van der Waals surface area contributed by atoms with E-state index in [-0.39, 0.29) is 18.1 Å². The molecule has 1 saturated heterocycles. The highest BCUT2D eigenvalue weighted by molar-refractivity contribution is 6.07. The van der Waals surface area contributed by atoms with Crippen molar-refractivity contribution in [2.45, 2.75) is 24.5 Å². The molecular formula is C27H21N5O5. The van der Waals surface area contributed by atoms with E-state index < -0.39 is 23.6 Å². The smallest absolute Gasteiger partial charge is 0.322 e. The van der Waals surface area contributed by atoms with Gasteiger partial charge in [-0.3, -0.25) is 15.1 Å². The summed E-state index contributed by atoms with van der Waals surface area (Å²) in [6.07, 6.45) is 2.87. The van der Waals surface area contributed by atoms with Crippen molar-refractivity contribution in [1.82, 2.24) is 20.6 Å². The Labute approximate surface area is 210 Å². The first-order valence-corrected chi connectivity index (χ1v) is 11.7. The zero-order valence-corrected chi connectivity index (χ0v) is 19.7. The van der Waals surface area contributed by atoms with Crippen molar-refractivity contribution < 1.29 is 23.8 Å².